The fraction of sp³-hybridized carbons (Fsp3) is 0.0909. The number of rotatable bonds is 5. The zero-order valence-electron chi connectivity index (χ0n) is 16.5. The Morgan fingerprint density at radius 1 is 0.613 bits per heavy atom. The summed E-state index contributed by atoms with van der Waals surface area (Å²) in [5.41, 5.74) is 4.24. The summed E-state index contributed by atoms with van der Waals surface area (Å²) in [6.45, 7) is 1.77. The van der Waals surface area contributed by atoms with E-state index in [-0.39, 0.29) is 0 Å². The van der Waals surface area contributed by atoms with Gasteiger partial charge >= 0.3 is 0 Å². The van der Waals surface area contributed by atoms with Crippen LogP contribution in [0.2, 0.25) is 0 Å². The highest BCUT2D eigenvalue weighted by Crippen LogP contribution is 2.14. The number of hydrogen-bond donors (Lipinski definition) is 0. The molecule has 0 radical (unpaired) electrons. The SMILES string of the molecule is [O-][Cl+3]([O-])([O-])[O-].c1ccc(-c2ccc[n+](CC[n+]3cccc(-c4ccccn4)c3)c2)nc1. The molecular weight excluding hydrogens is 420 g/mol. The first-order chi connectivity index (χ1) is 14.9. The van der Waals surface area contributed by atoms with Gasteiger partial charge in [0.25, 0.3) is 0 Å². The molecule has 4 aromatic rings. The van der Waals surface area contributed by atoms with Crippen molar-refractivity contribution in [3.63, 3.8) is 0 Å². The van der Waals surface area contributed by atoms with Crippen molar-refractivity contribution in [2.75, 3.05) is 0 Å². The summed E-state index contributed by atoms with van der Waals surface area (Å²) >= 11 is 0. The van der Waals surface area contributed by atoms with E-state index in [1.807, 2.05) is 48.8 Å². The van der Waals surface area contributed by atoms with E-state index in [1.54, 1.807) is 0 Å². The minimum atomic E-state index is -4.94. The lowest BCUT2D eigenvalue weighted by Gasteiger charge is -2.17. The van der Waals surface area contributed by atoms with Crippen LogP contribution in [0, 0.1) is 10.2 Å². The standard InChI is InChI=1S/C22H20N4.ClHO4/c1-3-11-23-21(9-1)19-7-5-13-25(17-19)15-16-26-14-6-8-20(18-26)22-10-2-4-12-24-22;2-1(3,4)5/h1-14,17-18H,15-16H2;(H,2,3,4,5)/q+2;/p-1. The molecule has 0 saturated carbocycles. The van der Waals surface area contributed by atoms with Crippen molar-refractivity contribution in [2.24, 2.45) is 0 Å². The Balaban J connectivity index is 0.000000491. The van der Waals surface area contributed by atoms with Crippen molar-refractivity contribution in [2.45, 2.75) is 13.1 Å². The monoisotopic (exact) mass is 439 g/mol. The van der Waals surface area contributed by atoms with Crippen LogP contribution in [0.3, 0.4) is 0 Å². The van der Waals surface area contributed by atoms with E-state index in [2.05, 4.69) is 68.2 Å². The van der Waals surface area contributed by atoms with Crippen LogP contribution in [0.25, 0.3) is 22.5 Å². The van der Waals surface area contributed by atoms with Crippen LogP contribution in [-0.2, 0) is 13.1 Å². The molecule has 0 unspecified atom stereocenters. The molecule has 0 aliphatic carbocycles. The average molecular weight is 440 g/mol. The van der Waals surface area contributed by atoms with E-state index in [9.17, 15) is 0 Å². The quantitative estimate of drug-likeness (QED) is 0.342. The summed E-state index contributed by atoms with van der Waals surface area (Å²) in [6, 6.07) is 20.3. The maximum absolute atomic E-state index is 8.49. The van der Waals surface area contributed by atoms with E-state index in [1.165, 1.54) is 0 Å². The fourth-order valence-electron chi connectivity index (χ4n) is 2.92. The van der Waals surface area contributed by atoms with Crippen LogP contribution in [0.5, 0.6) is 0 Å². The van der Waals surface area contributed by atoms with Gasteiger partial charge in [0.15, 0.2) is 24.8 Å². The summed E-state index contributed by atoms with van der Waals surface area (Å²) in [7, 11) is -4.94. The van der Waals surface area contributed by atoms with Crippen LogP contribution >= 0.6 is 0 Å². The van der Waals surface area contributed by atoms with E-state index in [4.69, 9.17) is 18.6 Å². The topological polar surface area (TPSA) is 126 Å². The lowest BCUT2D eigenvalue weighted by molar-refractivity contribution is -2.00. The van der Waals surface area contributed by atoms with Crippen molar-refractivity contribution < 1.29 is 38.0 Å². The molecule has 0 fully saturated rings. The van der Waals surface area contributed by atoms with Crippen molar-refractivity contribution in [3.05, 3.63) is 97.8 Å². The van der Waals surface area contributed by atoms with Crippen LogP contribution in [0.1, 0.15) is 0 Å². The largest absolute Gasteiger partial charge is 0.256 e. The normalized spacial score (nSPS) is 10.8. The van der Waals surface area contributed by atoms with Crippen molar-refractivity contribution in [1.82, 2.24) is 9.97 Å². The van der Waals surface area contributed by atoms with Gasteiger partial charge in [0, 0.05) is 24.5 Å². The molecule has 0 aliphatic rings. The third kappa shape index (κ3) is 7.82. The number of pyridine rings is 4. The molecule has 0 amide bonds. The fourth-order valence-corrected chi connectivity index (χ4v) is 2.92. The van der Waals surface area contributed by atoms with Crippen molar-refractivity contribution in [3.8, 4) is 22.5 Å². The van der Waals surface area contributed by atoms with Gasteiger partial charge in [-0.15, -0.1) is 10.2 Å². The number of aromatic nitrogens is 4. The van der Waals surface area contributed by atoms with Gasteiger partial charge in [-0.25, -0.2) is 18.6 Å². The van der Waals surface area contributed by atoms with Crippen molar-refractivity contribution in [1.29, 1.82) is 0 Å². The Morgan fingerprint density at radius 3 is 1.39 bits per heavy atom. The lowest BCUT2D eigenvalue weighted by Crippen LogP contribution is -2.68. The Morgan fingerprint density at radius 2 is 1.03 bits per heavy atom. The molecule has 8 nitrogen and oxygen atoms in total. The highest BCUT2D eigenvalue weighted by atomic mass is 35.7. The smallest absolute Gasteiger partial charge is 0.206 e. The number of hydrogen-bond acceptors (Lipinski definition) is 6. The summed E-state index contributed by atoms with van der Waals surface area (Å²) in [6.07, 6.45) is 12.1. The minimum Gasteiger partial charge on any atom is -0.256 e. The molecule has 0 bridgehead atoms. The Bertz CT molecular complexity index is 1000. The van der Waals surface area contributed by atoms with Crippen LogP contribution in [0.15, 0.2) is 97.8 Å². The second-order valence-electron chi connectivity index (χ2n) is 6.47. The zero-order chi connectivity index (χ0) is 22.1. The zero-order valence-corrected chi connectivity index (χ0v) is 17.2. The van der Waals surface area contributed by atoms with Crippen LogP contribution < -0.4 is 27.8 Å². The van der Waals surface area contributed by atoms with Gasteiger partial charge in [-0.1, -0.05) is 12.1 Å². The van der Waals surface area contributed by atoms with Gasteiger partial charge in [-0.3, -0.25) is 9.97 Å². The van der Waals surface area contributed by atoms with Gasteiger partial charge < -0.3 is 0 Å². The predicted octanol–water partition coefficient (Wildman–Crippen LogP) is -1.67. The predicted molar refractivity (Wildman–Crippen MR) is 99.7 cm³/mol. The molecule has 4 rings (SSSR count). The van der Waals surface area contributed by atoms with Gasteiger partial charge in [-0.2, -0.15) is 9.13 Å². The Kier molecular flexibility index (Phi) is 7.71. The number of halogens is 1. The van der Waals surface area contributed by atoms with Crippen molar-refractivity contribution >= 4 is 0 Å². The lowest BCUT2D eigenvalue weighted by atomic mass is 10.2. The van der Waals surface area contributed by atoms with E-state index < -0.39 is 10.2 Å². The Labute approximate surface area is 181 Å². The molecule has 9 heteroatoms. The minimum absolute atomic E-state index is 0.886. The van der Waals surface area contributed by atoms with E-state index >= 15 is 0 Å². The molecule has 4 heterocycles. The second kappa shape index (κ2) is 10.7. The molecular formula is C22H20ClN4O4+. The molecule has 0 aromatic carbocycles. The first kappa shape index (κ1) is 22.4. The number of aryl methyl sites for hydroxylation is 2. The van der Waals surface area contributed by atoms with Gasteiger partial charge in [0.2, 0.25) is 13.1 Å². The molecule has 0 saturated heterocycles. The summed E-state index contributed by atoms with van der Waals surface area (Å²) < 4.78 is 38.4. The van der Waals surface area contributed by atoms with Crippen LogP contribution in [0.4, 0.5) is 0 Å². The summed E-state index contributed by atoms with van der Waals surface area (Å²) in [5.74, 6) is 0. The van der Waals surface area contributed by atoms with Gasteiger partial charge in [-0.05, 0) is 36.4 Å². The highest BCUT2D eigenvalue weighted by Gasteiger charge is 2.10. The van der Waals surface area contributed by atoms with E-state index in [0.29, 0.717) is 0 Å². The van der Waals surface area contributed by atoms with E-state index in [0.717, 1.165) is 35.6 Å². The molecule has 0 aliphatic heterocycles. The molecule has 0 spiro atoms. The molecule has 4 aromatic heterocycles. The number of nitrogens with zero attached hydrogens (tertiary/aromatic N) is 4. The first-order valence-corrected chi connectivity index (χ1v) is 10.5. The first-order valence-electron chi connectivity index (χ1n) is 9.31. The molecule has 31 heavy (non-hydrogen) atoms. The molecule has 158 valence electrons. The van der Waals surface area contributed by atoms with Gasteiger partial charge in [0.1, 0.15) is 0 Å². The summed E-state index contributed by atoms with van der Waals surface area (Å²) in [5, 5.41) is 0. The third-order valence-electron chi connectivity index (χ3n) is 4.25. The Hall–Kier alpha value is -3.27. The maximum Gasteiger partial charge on any atom is 0.206 e. The molecule has 0 atom stereocenters. The summed E-state index contributed by atoms with van der Waals surface area (Å²) in [4.78, 5) is 8.86. The molecule has 0 N–H and O–H groups in total. The maximum atomic E-state index is 8.49. The van der Waals surface area contributed by atoms with Gasteiger partial charge in [0.05, 0.1) is 22.5 Å². The third-order valence-corrected chi connectivity index (χ3v) is 4.25. The second-order valence-corrected chi connectivity index (χ2v) is 7.22. The average Bonchev–Trinajstić information content (AvgIpc) is 2.78. The highest BCUT2D eigenvalue weighted by molar-refractivity contribution is 5.56. The van der Waals surface area contributed by atoms with Crippen LogP contribution in [-0.4, -0.2) is 9.97 Å².